The summed E-state index contributed by atoms with van der Waals surface area (Å²) in [6, 6.07) is 0. The van der Waals surface area contributed by atoms with Crippen LogP contribution < -0.4 is 5.53 Å². The van der Waals surface area contributed by atoms with Gasteiger partial charge in [0.15, 0.2) is 0 Å². The van der Waals surface area contributed by atoms with E-state index < -0.39 is 0 Å². The van der Waals surface area contributed by atoms with E-state index in [1.165, 1.54) is 11.6 Å². The maximum Gasteiger partial charge on any atom is 0.222 e. The van der Waals surface area contributed by atoms with Crippen molar-refractivity contribution >= 4 is 6.40 Å². The molecule has 0 saturated heterocycles. The van der Waals surface area contributed by atoms with E-state index in [-0.39, 0.29) is 0 Å². The summed E-state index contributed by atoms with van der Waals surface area (Å²) in [4.78, 5) is 4.58. The first-order chi connectivity index (χ1) is 2.89. The number of hydroxylamine groups is 1. The topological polar surface area (TPSA) is 36.9 Å². The molecule has 6 heavy (non-hydrogen) atoms. The highest BCUT2D eigenvalue weighted by Gasteiger charge is 1.94. The molecule has 0 unspecified atom stereocenters. The zero-order valence-corrected chi connectivity index (χ0v) is 3.38. The van der Waals surface area contributed by atoms with E-state index in [4.69, 9.17) is 0 Å². The quantitative estimate of drug-likeness (QED) is 0.425. The van der Waals surface area contributed by atoms with Gasteiger partial charge in [-0.2, -0.15) is 0 Å². The molecule has 1 rings (SSSR count). The first kappa shape index (κ1) is 3.42. The zero-order valence-electron chi connectivity index (χ0n) is 3.38. The molecular formula is C2H5N3O. The van der Waals surface area contributed by atoms with Crippen LogP contribution in [0.5, 0.6) is 0 Å². The van der Waals surface area contributed by atoms with Crippen LogP contribution in [0.2, 0.25) is 0 Å². The summed E-state index contributed by atoms with van der Waals surface area (Å²) in [5, 5.41) is 4.88. The Morgan fingerprint density at radius 2 is 2.83 bits per heavy atom. The van der Waals surface area contributed by atoms with Crippen molar-refractivity contribution in [2.24, 2.45) is 5.10 Å². The lowest BCUT2D eigenvalue weighted by Gasteiger charge is -2.01. The molecule has 1 aliphatic heterocycles. The number of rotatable bonds is 0. The Balaban J connectivity index is 2.32. The molecule has 0 amide bonds. The Morgan fingerprint density at radius 3 is 3.00 bits per heavy atom. The van der Waals surface area contributed by atoms with Gasteiger partial charge in [0, 0.05) is 7.05 Å². The van der Waals surface area contributed by atoms with E-state index in [0.29, 0.717) is 0 Å². The van der Waals surface area contributed by atoms with Gasteiger partial charge in [-0.25, -0.2) is 5.53 Å². The Labute approximate surface area is 35.3 Å². The first-order valence-electron chi connectivity index (χ1n) is 1.57. The Morgan fingerprint density at radius 1 is 2.00 bits per heavy atom. The van der Waals surface area contributed by atoms with Crippen molar-refractivity contribution in [1.29, 1.82) is 0 Å². The average Bonchev–Trinajstić information content (AvgIpc) is 1.86. The van der Waals surface area contributed by atoms with Crippen LogP contribution >= 0.6 is 0 Å². The number of hydrazine groups is 1. The maximum absolute atomic E-state index is 4.58. The number of hydrogen-bond acceptors (Lipinski definition) is 4. The summed E-state index contributed by atoms with van der Waals surface area (Å²) in [5.74, 6) is 0. The molecule has 1 aliphatic rings. The van der Waals surface area contributed by atoms with Crippen molar-refractivity contribution in [3.05, 3.63) is 0 Å². The standard InChI is InChI=1S/C2H5N3O/c1-5-4-3-2-6-5/h2,4H,1H3. The molecule has 0 aliphatic carbocycles. The number of nitrogens with zero attached hydrogens (tertiary/aromatic N) is 2. The third-order valence-electron chi connectivity index (χ3n) is 0.457. The summed E-state index contributed by atoms with van der Waals surface area (Å²) in [6.45, 7) is 0. The van der Waals surface area contributed by atoms with Gasteiger partial charge in [-0.1, -0.05) is 0 Å². The number of hydrazone groups is 1. The van der Waals surface area contributed by atoms with Gasteiger partial charge in [0.2, 0.25) is 6.40 Å². The van der Waals surface area contributed by atoms with E-state index in [2.05, 4.69) is 15.5 Å². The van der Waals surface area contributed by atoms with Gasteiger partial charge in [-0.05, 0) is 5.17 Å². The largest absolute Gasteiger partial charge is 0.371 e. The minimum Gasteiger partial charge on any atom is -0.371 e. The first-order valence-corrected chi connectivity index (χ1v) is 1.57. The lowest BCUT2D eigenvalue weighted by atomic mass is 11.5. The zero-order chi connectivity index (χ0) is 4.41. The van der Waals surface area contributed by atoms with Gasteiger partial charge in [-0.15, -0.1) is 5.10 Å². The summed E-state index contributed by atoms with van der Waals surface area (Å²) in [7, 11) is 1.72. The molecular weight excluding hydrogens is 82.0 g/mol. The Bertz CT molecular complexity index is 63.2. The maximum atomic E-state index is 4.58. The number of nitrogens with one attached hydrogen (secondary N) is 1. The normalized spacial score (nSPS) is 20.2. The van der Waals surface area contributed by atoms with Crippen LogP contribution in [-0.2, 0) is 4.84 Å². The molecule has 0 atom stereocenters. The van der Waals surface area contributed by atoms with Crippen LogP contribution in [0, 0.1) is 0 Å². The van der Waals surface area contributed by atoms with Gasteiger partial charge in [0.05, 0.1) is 0 Å². The van der Waals surface area contributed by atoms with E-state index in [0.717, 1.165) is 0 Å². The van der Waals surface area contributed by atoms with Crippen LogP contribution in [0.4, 0.5) is 0 Å². The third-order valence-corrected chi connectivity index (χ3v) is 0.457. The molecule has 0 spiro atoms. The third kappa shape index (κ3) is 0.414. The van der Waals surface area contributed by atoms with Crippen molar-refractivity contribution in [3.63, 3.8) is 0 Å². The smallest absolute Gasteiger partial charge is 0.222 e. The van der Waals surface area contributed by atoms with Crippen LogP contribution in [0.3, 0.4) is 0 Å². The monoisotopic (exact) mass is 87.0 g/mol. The second-order valence-electron chi connectivity index (χ2n) is 0.937. The molecule has 0 fully saturated rings. The van der Waals surface area contributed by atoms with Crippen molar-refractivity contribution in [1.82, 2.24) is 10.7 Å². The minimum atomic E-state index is 1.32. The molecule has 0 aromatic heterocycles. The fourth-order valence-electron chi connectivity index (χ4n) is 0.223. The van der Waals surface area contributed by atoms with E-state index in [1.807, 2.05) is 0 Å². The van der Waals surface area contributed by atoms with Gasteiger partial charge >= 0.3 is 0 Å². The molecule has 1 N–H and O–H groups in total. The highest BCUT2D eigenvalue weighted by Crippen LogP contribution is 1.79. The highest BCUT2D eigenvalue weighted by atomic mass is 16.7. The van der Waals surface area contributed by atoms with Crippen LogP contribution in [0.1, 0.15) is 0 Å². The van der Waals surface area contributed by atoms with Crippen molar-refractivity contribution < 1.29 is 4.84 Å². The van der Waals surface area contributed by atoms with Crippen molar-refractivity contribution in [3.8, 4) is 0 Å². The van der Waals surface area contributed by atoms with Gasteiger partial charge in [0.1, 0.15) is 0 Å². The lowest BCUT2D eigenvalue weighted by molar-refractivity contribution is -0.0618. The molecule has 0 bridgehead atoms. The molecule has 0 aromatic carbocycles. The van der Waals surface area contributed by atoms with Crippen LogP contribution in [-0.4, -0.2) is 18.6 Å². The lowest BCUT2D eigenvalue weighted by Crippen LogP contribution is -2.22. The summed E-state index contributed by atoms with van der Waals surface area (Å²) >= 11 is 0. The van der Waals surface area contributed by atoms with E-state index in [1.54, 1.807) is 7.05 Å². The van der Waals surface area contributed by atoms with Gasteiger partial charge in [-0.3, -0.25) is 0 Å². The predicted molar refractivity (Wildman–Crippen MR) is 20.5 cm³/mol. The van der Waals surface area contributed by atoms with Crippen LogP contribution in [0.25, 0.3) is 0 Å². The highest BCUT2D eigenvalue weighted by molar-refractivity contribution is 5.46. The molecule has 0 saturated carbocycles. The molecule has 4 heteroatoms. The molecule has 0 aromatic rings. The summed E-state index contributed by atoms with van der Waals surface area (Å²) in [5.41, 5.74) is 2.50. The molecule has 34 valence electrons. The molecule has 4 nitrogen and oxygen atoms in total. The minimum absolute atomic E-state index is 1.32. The Hall–Kier alpha value is -0.770. The summed E-state index contributed by atoms with van der Waals surface area (Å²) in [6.07, 6.45) is 1.32. The van der Waals surface area contributed by atoms with Crippen LogP contribution in [0.15, 0.2) is 5.10 Å². The van der Waals surface area contributed by atoms with E-state index >= 15 is 0 Å². The second kappa shape index (κ2) is 1.14. The molecule has 0 radical (unpaired) electrons. The SMILES string of the molecule is CN1NN=CO1. The molecule has 1 heterocycles. The predicted octanol–water partition coefficient (Wildman–Crippen LogP) is -0.689. The van der Waals surface area contributed by atoms with Crippen molar-refractivity contribution in [2.45, 2.75) is 0 Å². The fourth-order valence-corrected chi connectivity index (χ4v) is 0.223. The second-order valence-corrected chi connectivity index (χ2v) is 0.937. The average molecular weight is 87.1 g/mol. The Kier molecular flexibility index (Phi) is 0.648. The fraction of sp³-hybridized carbons (Fsp3) is 0.500. The van der Waals surface area contributed by atoms with Gasteiger partial charge < -0.3 is 4.84 Å². The van der Waals surface area contributed by atoms with E-state index in [9.17, 15) is 0 Å². The van der Waals surface area contributed by atoms with Crippen molar-refractivity contribution in [2.75, 3.05) is 7.05 Å². The van der Waals surface area contributed by atoms with Gasteiger partial charge in [0.25, 0.3) is 0 Å². The number of hydrogen-bond donors (Lipinski definition) is 1. The summed E-state index contributed by atoms with van der Waals surface area (Å²) < 4.78 is 0.